The number of ketones is 1. The third kappa shape index (κ3) is 6.07. The second-order valence-corrected chi connectivity index (χ2v) is 17.3. The lowest BCUT2D eigenvalue weighted by Gasteiger charge is -2.57. The van der Waals surface area contributed by atoms with Crippen molar-refractivity contribution in [2.45, 2.75) is 179 Å². The standard InChI is InChI=1S/C40H66O3/c1-27-11-13-28(14-12-27)39(41)29-15-21-33(22-16-29)43-34-25-19-31(20-26-34)40(30-17-23-32(42-2)24-18-30)37-9-5-3-7-35(37)36-8-4-6-10-38(36)40/h27-38H,3-26H2,1-2H3. The largest absolute Gasteiger partial charge is 0.381 e. The molecule has 0 heterocycles. The Bertz CT molecular complexity index is 875. The van der Waals surface area contributed by atoms with Gasteiger partial charge in [0, 0.05) is 18.9 Å². The zero-order chi connectivity index (χ0) is 29.4. The van der Waals surface area contributed by atoms with Crippen molar-refractivity contribution in [3.8, 4) is 0 Å². The van der Waals surface area contributed by atoms with Crippen LogP contribution in [0.15, 0.2) is 0 Å². The zero-order valence-electron chi connectivity index (χ0n) is 28.1. The second kappa shape index (κ2) is 13.8. The van der Waals surface area contributed by atoms with E-state index in [1.54, 1.807) is 25.7 Å². The topological polar surface area (TPSA) is 35.5 Å². The van der Waals surface area contributed by atoms with Crippen LogP contribution in [0.2, 0.25) is 0 Å². The maximum atomic E-state index is 13.3. The predicted octanol–water partition coefficient (Wildman–Crippen LogP) is 10.3. The van der Waals surface area contributed by atoms with Crippen molar-refractivity contribution in [3.63, 3.8) is 0 Å². The van der Waals surface area contributed by atoms with Gasteiger partial charge in [-0.05, 0) is 162 Å². The van der Waals surface area contributed by atoms with E-state index in [1.165, 1.54) is 89.9 Å². The molecule has 0 amide bonds. The van der Waals surface area contributed by atoms with Crippen molar-refractivity contribution < 1.29 is 14.3 Å². The highest BCUT2D eigenvalue weighted by Crippen LogP contribution is 2.71. The summed E-state index contributed by atoms with van der Waals surface area (Å²) in [4.78, 5) is 13.3. The van der Waals surface area contributed by atoms with Crippen LogP contribution in [-0.4, -0.2) is 31.2 Å². The van der Waals surface area contributed by atoms with E-state index < -0.39 is 0 Å². The highest BCUT2D eigenvalue weighted by molar-refractivity contribution is 5.83. The first kappa shape index (κ1) is 31.2. The molecule has 0 aromatic heterocycles. The van der Waals surface area contributed by atoms with Gasteiger partial charge in [-0.3, -0.25) is 4.79 Å². The summed E-state index contributed by atoms with van der Waals surface area (Å²) in [6.07, 6.45) is 33.8. The van der Waals surface area contributed by atoms with Gasteiger partial charge >= 0.3 is 0 Å². The Balaban J connectivity index is 0.988. The molecule has 43 heavy (non-hydrogen) atoms. The van der Waals surface area contributed by atoms with Gasteiger partial charge in [-0.1, -0.05) is 45.4 Å². The monoisotopic (exact) mass is 595 g/mol. The van der Waals surface area contributed by atoms with Gasteiger partial charge in [0.05, 0.1) is 18.3 Å². The van der Waals surface area contributed by atoms with Crippen LogP contribution < -0.4 is 0 Å². The molecular formula is C40H66O3. The Hall–Kier alpha value is -0.410. The molecule has 0 aliphatic heterocycles. The zero-order valence-corrected chi connectivity index (χ0v) is 28.1. The molecule has 0 aromatic carbocycles. The fourth-order valence-corrected chi connectivity index (χ4v) is 13.5. The molecule has 7 aliphatic rings. The highest BCUT2D eigenvalue weighted by Gasteiger charge is 2.65. The first-order valence-electron chi connectivity index (χ1n) is 19.8. The summed E-state index contributed by atoms with van der Waals surface area (Å²) in [6.45, 7) is 2.36. The summed E-state index contributed by atoms with van der Waals surface area (Å²) < 4.78 is 12.8. The van der Waals surface area contributed by atoms with Crippen LogP contribution in [0.3, 0.4) is 0 Å². The van der Waals surface area contributed by atoms with Crippen molar-refractivity contribution in [2.24, 2.45) is 58.7 Å². The van der Waals surface area contributed by atoms with Gasteiger partial charge in [0.1, 0.15) is 5.78 Å². The molecule has 0 bridgehead atoms. The van der Waals surface area contributed by atoms with Crippen LogP contribution in [0, 0.1) is 58.7 Å². The van der Waals surface area contributed by atoms with E-state index in [9.17, 15) is 4.79 Å². The van der Waals surface area contributed by atoms with Gasteiger partial charge in [0.2, 0.25) is 0 Å². The Morgan fingerprint density at radius 1 is 0.512 bits per heavy atom. The quantitative estimate of drug-likeness (QED) is 0.294. The molecule has 4 atom stereocenters. The van der Waals surface area contributed by atoms with Crippen LogP contribution in [0.25, 0.3) is 0 Å². The molecule has 7 aliphatic carbocycles. The van der Waals surface area contributed by atoms with Crippen molar-refractivity contribution in [2.75, 3.05) is 7.11 Å². The van der Waals surface area contributed by atoms with Crippen molar-refractivity contribution >= 4 is 5.78 Å². The number of methoxy groups -OCH3 is 1. The van der Waals surface area contributed by atoms with Crippen molar-refractivity contribution in [1.29, 1.82) is 0 Å². The fourth-order valence-electron chi connectivity index (χ4n) is 13.5. The number of ether oxygens (including phenoxy) is 2. The lowest BCUT2D eigenvalue weighted by atomic mass is 9.48. The molecule has 0 saturated heterocycles. The summed E-state index contributed by atoms with van der Waals surface area (Å²) >= 11 is 0. The molecular weight excluding hydrogens is 528 g/mol. The minimum Gasteiger partial charge on any atom is -0.381 e. The Morgan fingerprint density at radius 3 is 1.42 bits per heavy atom. The summed E-state index contributed by atoms with van der Waals surface area (Å²) in [7, 11) is 1.95. The minimum atomic E-state index is 0.330. The number of fused-ring (bicyclic) bond motifs is 3. The average molecular weight is 595 g/mol. The first-order chi connectivity index (χ1) is 21.1. The molecule has 4 unspecified atom stereocenters. The van der Waals surface area contributed by atoms with E-state index in [-0.39, 0.29) is 0 Å². The van der Waals surface area contributed by atoms with E-state index in [0.717, 1.165) is 80.0 Å². The van der Waals surface area contributed by atoms with Crippen LogP contribution in [0.5, 0.6) is 0 Å². The highest BCUT2D eigenvalue weighted by atomic mass is 16.5. The fraction of sp³-hybridized carbons (Fsp3) is 0.975. The number of carbonyl (C=O) groups excluding carboxylic acids is 1. The molecule has 3 nitrogen and oxygen atoms in total. The summed E-state index contributed by atoms with van der Waals surface area (Å²) in [5.74, 6) is 8.14. The Kier molecular flexibility index (Phi) is 9.98. The molecule has 0 spiro atoms. The van der Waals surface area contributed by atoms with E-state index in [0.29, 0.717) is 41.3 Å². The normalized spacial score (nSPS) is 49.2. The molecule has 0 radical (unpaired) electrons. The van der Waals surface area contributed by atoms with Gasteiger partial charge in [-0.15, -0.1) is 0 Å². The number of hydrogen-bond acceptors (Lipinski definition) is 3. The number of Topliss-reactive ketones (excluding diaryl/α,β-unsaturated/α-hetero) is 1. The maximum Gasteiger partial charge on any atom is 0.139 e. The Labute approximate surface area is 264 Å². The third-order valence-corrected chi connectivity index (χ3v) is 15.4. The number of carbonyl (C=O) groups is 1. The van der Waals surface area contributed by atoms with Gasteiger partial charge in [0.25, 0.3) is 0 Å². The van der Waals surface area contributed by atoms with E-state index >= 15 is 0 Å². The summed E-state index contributed by atoms with van der Waals surface area (Å²) in [6, 6.07) is 0. The van der Waals surface area contributed by atoms with E-state index in [4.69, 9.17) is 9.47 Å². The predicted molar refractivity (Wildman–Crippen MR) is 175 cm³/mol. The van der Waals surface area contributed by atoms with Gasteiger partial charge < -0.3 is 9.47 Å². The number of rotatable bonds is 7. The van der Waals surface area contributed by atoms with Crippen LogP contribution in [0.4, 0.5) is 0 Å². The van der Waals surface area contributed by atoms with Crippen LogP contribution in [0.1, 0.15) is 161 Å². The molecule has 7 rings (SSSR count). The molecule has 3 heteroatoms. The van der Waals surface area contributed by atoms with Crippen LogP contribution >= 0.6 is 0 Å². The molecule has 0 aromatic rings. The lowest BCUT2D eigenvalue weighted by molar-refractivity contribution is -0.131. The van der Waals surface area contributed by atoms with E-state index in [2.05, 4.69) is 6.92 Å². The maximum absolute atomic E-state index is 13.3. The number of hydrogen-bond donors (Lipinski definition) is 0. The average Bonchev–Trinajstić information content (AvgIpc) is 3.37. The molecule has 7 saturated carbocycles. The third-order valence-electron chi connectivity index (χ3n) is 15.4. The lowest BCUT2D eigenvalue weighted by Crippen LogP contribution is -2.51. The van der Waals surface area contributed by atoms with E-state index in [1.807, 2.05) is 7.11 Å². The van der Waals surface area contributed by atoms with Gasteiger partial charge in [-0.25, -0.2) is 0 Å². The van der Waals surface area contributed by atoms with Crippen LogP contribution in [-0.2, 0) is 14.3 Å². The van der Waals surface area contributed by atoms with Crippen molar-refractivity contribution in [1.82, 2.24) is 0 Å². The first-order valence-corrected chi connectivity index (χ1v) is 19.8. The van der Waals surface area contributed by atoms with Gasteiger partial charge in [-0.2, -0.15) is 0 Å². The van der Waals surface area contributed by atoms with Crippen molar-refractivity contribution in [3.05, 3.63) is 0 Å². The summed E-state index contributed by atoms with van der Waals surface area (Å²) in [5.41, 5.74) is 0.620. The molecule has 0 N–H and O–H groups in total. The SMILES string of the molecule is COC1CCC(C2(C3CCC(OC4CCC(C(=O)C5CCC(C)CC5)CC4)CC3)C3CCCCC3C3CCCCC32)CC1. The summed E-state index contributed by atoms with van der Waals surface area (Å²) in [5, 5.41) is 0. The van der Waals surface area contributed by atoms with Gasteiger partial charge in [0.15, 0.2) is 0 Å². The Morgan fingerprint density at radius 2 is 0.930 bits per heavy atom. The molecule has 244 valence electrons. The minimum absolute atomic E-state index is 0.330. The molecule has 7 fully saturated rings. The second-order valence-electron chi connectivity index (χ2n) is 17.3. The smallest absolute Gasteiger partial charge is 0.139 e.